The van der Waals surface area contributed by atoms with Crippen molar-refractivity contribution in [1.29, 1.82) is 0 Å². The van der Waals surface area contributed by atoms with Gasteiger partial charge in [0.2, 0.25) is 0 Å². The van der Waals surface area contributed by atoms with Gasteiger partial charge in [-0.25, -0.2) is 4.98 Å². The number of aromatic nitrogens is 2. The van der Waals surface area contributed by atoms with E-state index in [1.165, 1.54) is 16.1 Å². The van der Waals surface area contributed by atoms with Crippen molar-refractivity contribution in [2.24, 2.45) is 0 Å². The molecule has 2 aromatic heterocycles. The van der Waals surface area contributed by atoms with Gasteiger partial charge in [-0.15, -0.1) is 11.3 Å². The molecule has 4 heteroatoms. The first-order chi connectivity index (χ1) is 7.79. The smallest absolute Gasteiger partial charge is 0.0797 e. The lowest BCUT2D eigenvalue weighted by molar-refractivity contribution is 0.699. The van der Waals surface area contributed by atoms with E-state index in [4.69, 9.17) is 0 Å². The fraction of sp³-hybridized carbons (Fsp3) is 0.417. The normalized spacial score (nSPS) is 10.9. The summed E-state index contributed by atoms with van der Waals surface area (Å²) >= 11 is 1.75. The minimum Gasteiger partial charge on any atom is -0.354 e. The molecule has 0 bridgehead atoms. The molecule has 0 atom stereocenters. The molecule has 0 radical (unpaired) electrons. The monoisotopic (exact) mass is 235 g/mol. The molecular weight excluding hydrogens is 218 g/mol. The van der Waals surface area contributed by atoms with Gasteiger partial charge in [0.15, 0.2) is 0 Å². The van der Waals surface area contributed by atoms with E-state index in [1.807, 2.05) is 12.6 Å². The number of nitrogens with one attached hydrogen (secondary N) is 1. The lowest BCUT2D eigenvalue weighted by Crippen LogP contribution is -2.04. The van der Waals surface area contributed by atoms with E-state index in [0.717, 1.165) is 19.5 Å². The van der Waals surface area contributed by atoms with E-state index >= 15 is 0 Å². The zero-order chi connectivity index (χ0) is 11.4. The average molecular weight is 235 g/mol. The van der Waals surface area contributed by atoms with Crippen LogP contribution in [0.15, 0.2) is 24.0 Å². The summed E-state index contributed by atoms with van der Waals surface area (Å²) in [7, 11) is 1.97. The standard InChI is InChI=1S/C12H17N3S/c1-10-12(16-9-14-10)4-6-15-5-3-11(8-15)7-13-2/h3,5,8-9,13H,4,6-7H2,1-2H3. The summed E-state index contributed by atoms with van der Waals surface area (Å²) < 4.78 is 2.24. The third-order valence-electron chi connectivity index (χ3n) is 2.63. The number of nitrogens with zero attached hydrogens (tertiary/aromatic N) is 2. The largest absolute Gasteiger partial charge is 0.354 e. The van der Waals surface area contributed by atoms with Gasteiger partial charge in [-0.3, -0.25) is 0 Å². The van der Waals surface area contributed by atoms with Crippen molar-refractivity contribution >= 4 is 11.3 Å². The van der Waals surface area contributed by atoms with E-state index < -0.39 is 0 Å². The Hall–Kier alpha value is -1.13. The SMILES string of the molecule is CNCc1ccn(CCc2scnc2C)c1. The molecule has 0 fully saturated rings. The predicted octanol–water partition coefficient (Wildman–Crippen LogP) is 2.22. The van der Waals surface area contributed by atoms with E-state index in [2.05, 4.69) is 40.3 Å². The molecule has 2 heterocycles. The second-order valence-electron chi connectivity index (χ2n) is 3.90. The first-order valence-corrected chi connectivity index (χ1v) is 6.36. The highest BCUT2D eigenvalue weighted by Gasteiger charge is 2.02. The molecule has 16 heavy (non-hydrogen) atoms. The third kappa shape index (κ3) is 2.71. The molecule has 0 amide bonds. The van der Waals surface area contributed by atoms with Crippen molar-refractivity contribution in [2.45, 2.75) is 26.4 Å². The third-order valence-corrected chi connectivity index (χ3v) is 3.63. The van der Waals surface area contributed by atoms with Crippen LogP contribution in [0.3, 0.4) is 0 Å². The highest BCUT2D eigenvalue weighted by molar-refractivity contribution is 7.09. The van der Waals surface area contributed by atoms with Gasteiger partial charge >= 0.3 is 0 Å². The highest BCUT2D eigenvalue weighted by atomic mass is 32.1. The number of hydrogen-bond donors (Lipinski definition) is 1. The van der Waals surface area contributed by atoms with Crippen LogP contribution in [-0.2, 0) is 19.5 Å². The lowest BCUT2D eigenvalue weighted by Gasteiger charge is -2.01. The number of aryl methyl sites for hydroxylation is 3. The predicted molar refractivity (Wildman–Crippen MR) is 67.8 cm³/mol. The van der Waals surface area contributed by atoms with Crippen LogP contribution >= 0.6 is 11.3 Å². The van der Waals surface area contributed by atoms with Gasteiger partial charge in [0.1, 0.15) is 0 Å². The number of rotatable bonds is 5. The van der Waals surface area contributed by atoms with Crippen molar-refractivity contribution in [3.63, 3.8) is 0 Å². The van der Waals surface area contributed by atoms with Crippen LogP contribution in [0.5, 0.6) is 0 Å². The Morgan fingerprint density at radius 1 is 1.50 bits per heavy atom. The van der Waals surface area contributed by atoms with Gasteiger partial charge in [-0.1, -0.05) is 0 Å². The maximum Gasteiger partial charge on any atom is 0.0797 e. The molecular formula is C12H17N3S. The maximum atomic E-state index is 4.26. The summed E-state index contributed by atoms with van der Waals surface area (Å²) in [5, 5.41) is 3.15. The van der Waals surface area contributed by atoms with Crippen LogP contribution in [0.25, 0.3) is 0 Å². The van der Waals surface area contributed by atoms with E-state index in [-0.39, 0.29) is 0 Å². The lowest BCUT2D eigenvalue weighted by atomic mass is 10.3. The van der Waals surface area contributed by atoms with E-state index in [1.54, 1.807) is 11.3 Å². The Kier molecular flexibility index (Phi) is 3.74. The fourth-order valence-corrected chi connectivity index (χ4v) is 2.51. The van der Waals surface area contributed by atoms with Crippen LogP contribution in [0.1, 0.15) is 16.1 Å². The first kappa shape index (κ1) is 11.4. The highest BCUT2D eigenvalue weighted by Crippen LogP contribution is 2.13. The van der Waals surface area contributed by atoms with Gasteiger partial charge in [-0.05, 0) is 25.6 Å². The topological polar surface area (TPSA) is 29.9 Å². The van der Waals surface area contributed by atoms with Gasteiger partial charge in [0.25, 0.3) is 0 Å². The second kappa shape index (κ2) is 5.27. The summed E-state index contributed by atoms with van der Waals surface area (Å²) in [6.45, 7) is 4.05. The zero-order valence-electron chi connectivity index (χ0n) is 9.73. The molecule has 2 aromatic rings. The average Bonchev–Trinajstić information content (AvgIpc) is 2.86. The Morgan fingerprint density at radius 2 is 2.38 bits per heavy atom. The molecule has 2 rings (SSSR count). The molecule has 86 valence electrons. The molecule has 0 aliphatic heterocycles. The molecule has 0 unspecified atom stereocenters. The minimum absolute atomic E-state index is 0.937. The van der Waals surface area contributed by atoms with Crippen LogP contribution in [0, 0.1) is 6.92 Å². The second-order valence-corrected chi connectivity index (χ2v) is 4.84. The summed E-state index contributed by atoms with van der Waals surface area (Å²) in [5.41, 5.74) is 4.43. The molecule has 0 aliphatic carbocycles. The summed E-state index contributed by atoms with van der Waals surface area (Å²) in [6, 6.07) is 2.16. The van der Waals surface area contributed by atoms with Crippen LogP contribution < -0.4 is 5.32 Å². The maximum absolute atomic E-state index is 4.26. The first-order valence-electron chi connectivity index (χ1n) is 5.48. The van der Waals surface area contributed by atoms with Crippen LogP contribution in [0.2, 0.25) is 0 Å². The summed E-state index contributed by atoms with van der Waals surface area (Å²) in [6.07, 6.45) is 5.42. The van der Waals surface area contributed by atoms with Gasteiger partial charge in [0, 0.05) is 36.8 Å². The van der Waals surface area contributed by atoms with E-state index in [0.29, 0.717) is 0 Å². The Labute approximate surface area is 100 Å². The van der Waals surface area contributed by atoms with Crippen molar-refractivity contribution in [2.75, 3.05) is 7.05 Å². The van der Waals surface area contributed by atoms with Crippen molar-refractivity contribution in [3.05, 3.63) is 40.1 Å². The Bertz CT molecular complexity index is 445. The van der Waals surface area contributed by atoms with Crippen molar-refractivity contribution in [3.8, 4) is 0 Å². The fourth-order valence-electron chi connectivity index (χ4n) is 1.74. The molecule has 0 aliphatic rings. The summed E-state index contributed by atoms with van der Waals surface area (Å²) in [5.74, 6) is 0. The quantitative estimate of drug-likeness (QED) is 0.861. The Morgan fingerprint density at radius 3 is 3.06 bits per heavy atom. The Balaban J connectivity index is 1.92. The van der Waals surface area contributed by atoms with Gasteiger partial charge in [-0.2, -0.15) is 0 Å². The minimum atomic E-state index is 0.937. The zero-order valence-corrected chi connectivity index (χ0v) is 10.5. The van der Waals surface area contributed by atoms with E-state index in [9.17, 15) is 0 Å². The van der Waals surface area contributed by atoms with Crippen LogP contribution in [-0.4, -0.2) is 16.6 Å². The molecule has 0 aromatic carbocycles. The van der Waals surface area contributed by atoms with Gasteiger partial charge < -0.3 is 9.88 Å². The van der Waals surface area contributed by atoms with Crippen molar-refractivity contribution in [1.82, 2.24) is 14.9 Å². The number of thiazole rings is 1. The van der Waals surface area contributed by atoms with Crippen molar-refractivity contribution < 1.29 is 0 Å². The molecule has 3 nitrogen and oxygen atoms in total. The summed E-state index contributed by atoms with van der Waals surface area (Å²) in [4.78, 5) is 5.66. The molecule has 0 saturated carbocycles. The molecule has 0 saturated heterocycles. The van der Waals surface area contributed by atoms with Crippen LogP contribution in [0.4, 0.5) is 0 Å². The van der Waals surface area contributed by atoms with Gasteiger partial charge in [0.05, 0.1) is 11.2 Å². The molecule has 1 N–H and O–H groups in total. The molecule has 0 spiro atoms. The number of hydrogen-bond acceptors (Lipinski definition) is 3.